The Morgan fingerprint density at radius 3 is 1.27 bits per heavy atom. The van der Waals surface area contributed by atoms with E-state index in [4.69, 9.17) is 0 Å². The van der Waals surface area contributed by atoms with Crippen LogP contribution in [0, 0.1) is 0 Å². The standard InChI is InChI=1S/C2H9NO6P2/c1-2(3,10(4,5)6)11(7,8)9/h3H2,1H3,(H2,4,5,6)(H2,7,8,9)/p-4. The zero-order valence-electron chi connectivity index (χ0n) is 5.42. The summed E-state index contributed by atoms with van der Waals surface area (Å²) >= 11 is 0. The highest BCUT2D eigenvalue weighted by atomic mass is 31.2. The molecule has 0 saturated heterocycles. The van der Waals surface area contributed by atoms with Gasteiger partial charge in [-0.15, -0.1) is 0 Å². The third-order valence-electron chi connectivity index (χ3n) is 1.11. The molecule has 7 nitrogen and oxygen atoms in total. The Hall–Kier alpha value is 0.260. The van der Waals surface area contributed by atoms with Crippen LogP contribution in [0.2, 0.25) is 0 Å². The van der Waals surface area contributed by atoms with Gasteiger partial charge in [-0.05, 0) is 22.1 Å². The van der Waals surface area contributed by atoms with Crippen LogP contribution in [0.4, 0.5) is 0 Å². The molecule has 11 heavy (non-hydrogen) atoms. The molecule has 0 atom stereocenters. The molecule has 68 valence electrons. The van der Waals surface area contributed by atoms with E-state index in [0.29, 0.717) is 6.92 Å². The first kappa shape index (κ1) is 11.3. The van der Waals surface area contributed by atoms with Gasteiger partial charge in [-0.1, -0.05) is 0 Å². The summed E-state index contributed by atoms with van der Waals surface area (Å²) in [4.78, 5) is 40.3. The van der Waals surface area contributed by atoms with Gasteiger partial charge in [0.1, 0.15) is 0 Å². The van der Waals surface area contributed by atoms with Crippen molar-refractivity contribution in [2.45, 2.75) is 11.9 Å². The van der Waals surface area contributed by atoms with E-state index in [1.54, 1.807) is 0 Å². The topological polar surface area (TPSA) is 152 Å². The number of hydrogen-bond acceptors (Lipinski definition) is 7. The second kappa shape index (κ2) is 2.64. The van der Waals surface area contributed by atoms with Crippen molar-refractivity contribution < 1.29 is 28.7 Å². The average Bonchev–Trinajstić information content (AvgIpc) is 1.58. The van der Waals surface area contributed by atoms with Gasteiger partial charge in [0.15, 0.2) is 0 Å². The lowest BCUT2D eigenvalue weighted by molar-refractivity contribution is -0.335. The molecule has 0 aromatic rings. The Balaban J connectivity index is 5.08. The van der Waals surface area contributed by atoms with Gasteiger partial charge >= 0.3 is 0 Å². The predicted octanol–water partition coefficient (Wildman–Crippen LogP) is -3.55. The van der Waals surface area contributed by atoms with Crippen LogP contribution in [-0.2, 0) is 9.13 Å². The Morgan fingerprint density at radius 1 is 1.09 bits per heavy atom. The van der Waals surface area contributed by atoms with Gasteiger partial charge in [0.05, 0.1) is 5.02 Å². The van der Waals surface area contributed by atoms with Crippen molar-refractivity contribution in [3.63, 3.8) is 0 Å². The van der Waals surface area contributed by atoms with E-state index in [9.17, 15) is 28.7 Å². The van der Waals surface area contributed by atoms with Crippen molar-refractivity contribution in [1.29, 1.82) is 0 Å². The molecule has 0 saturated carbocycles. The minimum absolute atomic E-state index is 0.356. The van der Waals surface area contributed by atoms with Crippen molar-refractivity contribution in [3.05, 3.63) is 0 Å². The first-order valence-corrected chi connectivity index (χ1v) is 5.42. The normalized spacial score (nSPS) is 15.1. The highest BCUT2D eigenvalue weighted by Crippen LogP contribution is 2.56. The molecular formula is C2H5NO6P2-4. The molecule has 0 bridgehead atoms. The summed E-state index contributed by atoms with van der Waals surface area (Å²) in [6.07, 6.45) is 0. The molecule has 0 amide bonds. The molecule has 0 aliphatic rings. The fraction of sp³-hybridized carbons (Fsp3) is 1.00. The predicted molar refractivity (Wildman–Crippen MR) is 27.8 cm³/mol. The molecule has 0 spiro atoms. The van der Waals surface area contributed by atoms with E-state index >= 15 is 0 Å². The summed E-state index contributed by atoms with van der Waals surface area (Å²) in [6.45, 7) is 0.356. The van der Waals surface area contributed by atoms with Gasteiger partial charge in [0.2, 0.25) is 0 Å². The van der Waals surface area contributed by atoms with Crippen LogP contribution in [0.3, 0.4) is 0 Å². The van der Waals surface area contributed by atoms with Crippen LogP contribution < -0.4 is 25.3 Å². The van der Waals surface area contributed by atoms with Crippen LogP contribution in [0.25, 0.3) is 0 Å². The maximum absolute atomic E-state index is 10.1. The van der Waals surface area contributed by atoms with Crippen molar-refractivity contribution >= 4 is 15.2 Å². The molecule has 0 aromatic heterocycles. The fourth-order valence-corrected chi connectivity index (χ4v) is 1.35. The van der Waals surface area contributed by atoms with E-state index < -0.39 is 20.2 Å². The summed E-state index contributed by atoms with van der Waals surface area (Å²) in [5, 5.41) is -3.24. The average molecular weight is 201 g/mol. The van der Waals surface area contributed by atoms with Gasteiger partial charge in [0, 0.05) is 0 Å². The lowest BCUT2D eigenvalue weighted by atomic mass is 10.8. The number of hydrogen-bond donors (Lipinski definition) is 1. The van der Waals surface area contributed by atoms with Gasteiger partial charge in [0.25, 0.3) is 0 Å². The van der Waals surface area contributed by atoms with E-state index in [1.165, 1.54) is 0 Å². The Morgan fingerprint density at radius 2 is 1.27 bits per heavy atom. The molecule has 0 aromatic carbocycles. The van der Waals surface area contributed by atoms with E-state index in [-0.39, 0.29) is 0 Å². The summed E-state index contributed by atoms with van der Waals surface area (Å²) in [7, 11) is -11.2. The minimum Gasteiger partial charge on any atom is -0.809 e. The molecule has 0 fully saturated rings. The largest absolute Gasteiger partial charge is 0.809 e. The fourth-order valence-electron chi connectivity index (χ4n) is 0.150. The third-order valence-corrected chi connectivity index (χ3v) is 4.80. The molecule has 9 heteroatoms. The van der Waals surface area contributed by atoms with Gasteiger partial charge < -0.3 is 34.4 Å². The summed E-state index contributed by atoms with van der Waals surface area (Å²) in [5.74, 6) is 0. The molecule has 0 radical (unpaired) electrons. The molecule has 0 unspecified atom stereocenters. The third kappa shape index (κ3) is 2.10. The summed E-state index contributed by atoms with van der Waals surface area (Å²) in [5.41, 5.74) is 4.49. The molecule has 0 rings (SSSR count). The van der Waals surface area contributed by atoms with E-state index in [2.05, 4.69) is 5.73 Å². The van der Waals surface area contributed by atoms with Crippen LogP contribution in [-0.4, -0.2) is 5.02 Å². The lowest BCUT2D eigenvalue weighted by Gasteiger charge is -2.55. The Labute approximate surface area is 62.5 Å². The Bertz CT molecular complexity index is 211. The molecule has 0 heterocycles. The van der Waals surface area contributed by atoms with Crippen molar-refractivity contribution in [1.82, 2.24) is 0 Å². The van der Waals surface area contributed by atoms with E-state index in [1.807, 2.05) is 0 Å². The van der Waals surface area contributed by atoms with Crippen LogP contribution in [0.1, 0.15) is 6.92 Å². The Kier molecular flexibility index (Phi) is 2.70. The van der Waals surface area contributed by atoms with Crippen LogP contribution in [0.15, 0.2) is 0 Å². The molecular weight excluding hydrogens is 196 g/mol. The molecule has 0 aliphatic heterocycles. The lowest BCUT2D eigenvalue weighted by Crippen LogP contribution is -2.50. The van der Waals surface area contributed by atoms with Crippen molar-refractivity contribution in [2.75, 3.05) is 0 Å². The highest BCUT2D eigenvalue weighted by molar-refractivity contribution is 7.69. The maximum atomic E-state index is 10.1. The first-order valence-electron chi connectivity index (χ1n) is 2.33. The zero-order valence-corrected chi connectivity index (χ0v) is 7.21. The molecule has 2 N–H and O–H groups in total. The second-order valence-electron chi connectivity index (χ2n) is 2.09. The zero-order chi connectivity index (χ0) is 9.50. The monoisotopic (exact) mass is 201 g/mol. The number of rotatable bonds is 2. The summed E-state index contributed by atoms with van der Waals surface area (Å²) < 4.78 is 20.1. The van der Waals surface area contributed by atoms with Crippen molar-refractivity contribution in [3.8, 4) is 0 Å². The second-order valence-corrected chi connectivity index (χ2v) is 6.29. The van der Waals surface area contributed by atoms with E-state index in [0.717, 1.165) is 0 Å². The smallest absolute Gasteiger partial charge is 0.0679 e. The molecule has 0 aliphatic carbocycles. The van der Waals surface area contributed by atoms with Crippen molar-refractivity contribution in [2.24, 2.45) is 5.73 Å². The number of nitrogens with two attached hydrogens (primary N) is 1. The van der Waals surface area contributed by atoms with Crippen LogP contribution in [0.5, 0.6) is 0 Å². The first-order chi connectivity index (χ1) is 4.50. The maximum Gasteiger partial charge on any atom is 0.0679 e. The SMILES string of the molecule is CC(N)(P(=O)([O-])[O-])P(=O)([O-])[O-]. The van der Waals surface area contributed by atoms with Gasteiger partial charge in [-0.25, -0.2) is 0 Å². The minimum atomic E-state index is -5.60. The summed E-state index contributed by atoms with van der Waals surface area (Å²) in [6, 6.07) is 0. The quantitative estimate of drug-likeness (QED) is 0.453. The van der Waals surface area contributed by atoms with Crippen LogP contribution >= 0.6 is 15.2 Å². The van der Waals surface area contributed by atoms with Gasteiger partial charge in [-0.2, -0.15) is 0 Å². The highest BCUT2D eigenvalue weighted by Gasteiger charge is 2.27. The van der Waals surface area contributed by atoms with Gasteiger partial charge in [-0.3, -0.25) is 0 Å².